The summed E-state index contributed by atoms with van der Waals surface area (Å²) >= 11 is 0. The van der Waals surface area contributed by atoms with E-state index < -0.39 is 11.6 Å². The van der Waals surface area contributed by atoms with Crippen molar-refractivity contribution in [2.75, 3.05) is 58.8 Å². The molecular formula is C20H33F2N5O. The van der Waals surface area contributed by atoms with Gasteiger partial charge in [-0.3, -0.25) is 4.99 Å². The van der Waals surface area contributed by atoms with E-state index >= 15 is 0 Å². The Hall–Kier alpha value is -1.93. The average molecular weight is 398 g/mol. The highest BCUT2D eigenvalue weighted by molar-refractivity contribution is 5.80. The van der Waals surface area contributed by atoms with Gasteiger partial charge in [0.2, 0.25) is 0 Å². The number of halogens is 2. The van der Waals surface area contributed by atoms with Crippen molar-refractivity contribution in [1.29, 1.82) is 0 Å². The van der Waals surface area contributed by atoms with Gasteiger partial charge in [-0.1, -0.05) is 6.07 Å². The maximum Gasteiger partial charge on any atom is 0.191 e. The molecule has 2 atom stereocenters. The fourth-order valence-corrected chi connectivity index (χ4v) is 3.35. The van der Waals surface area contributed by atoms with Crippen LogP contribution in [0.3, 0.4) is 0 Å². The highest BCUT2D eigenvalue weighted by Gasteiger charge is 2.27. The molecule has 1 aliphatic heterocycles. The molecule has 1 saturated heterocycles. The Bertz CT molecular complexity index is 621. The largest absolute Gasteiger partial charge is 0.377 e. The van der Waals surface area contributed by atoms with Gasteiger partial charge in [0.1, 0.15) is 17.3 Å². The number of aliphatic imine (C=N–C) groups is 1. The van der Waals surface area contributed by atoms with Crippen LogP contribution in [0.1, 0.15) is 19.8 Å². The minimum Gasteiger partial charge on any atom is -0.377 e. The summed E-state index contributed by atoms with van der Waals surface area (Å²) in [5, 5.41) is 6.66. The van der Waals surface area contributed by atoms with Crippen LogP contribution in [0.4, 0.5) is 14.5 Å². The first-order valence-corrected chi connectivity index (χ1v) is 9.87. The summed E-state index contributed by atoms with van der Waals surface area (Å²) < 4.78 is 33.8. The molecule has 0 aromatic heterocycles. The number of rotatable bonds is 9. The van der Waals surface area contributed by atoms with Crippen LogP contribution in [-0.4, -0.2) is 76.9 Å². The molecule has 1 aromatic carbocycles. The van der Waals surface area contributed by atoms with Crippen molar-refractivity contribution in [1.82, 2.24) is 15.5 Å². The van der Waals surface area contributed by atoms with Crippen LogP contribution in [-0.2, 0) is 4.74 Å². The van der Waals surface area contributed by atoms with E-state index in [-0.39, 0.29) is 17.8 Å². The predicted molar refractivity (Wildman–Crippen MR) is 110 cm³/mol. The SMILES string of the molecule is CCOC(CCN(C)C)CNC(=NC)NC1CCN(c2c(F)cccc2F)C1. The molecule has 2 unspecified atom stereocenters. The van der Waals surface area contributed by atoms with Gasteiger partial charge in [0.15, 0.2) is 5.96 Å². The number of nitrogens with zero attached hydrogens (tertiary/aromatic N) is 3. The van der Waals surface area contributed by atoms with Crippen LogP contribution in [0.15, 0.2) is 23.2 Å². The Kier molecular flexibility index (Phi) is 8.92. The molecule has 28 heavy (non-hydrogen) atoms. The molecular weight excluding hydrogens is 364 g/mol. The van der Waals surface area contributed by atoms with E-state index in [2.05, 4.69) is 20.5 Å². The summed E-state index contributed by atoms with van der Waals surface area (Å²) in [6.45, 7) is 5.37. The number of guanidine groups is 1. The van der Waals surface area contributed by atoms with Gasteiger partial charge >= 0.3 is 0 Å². The summed E-state index contributed by atoms with van der Waals surface area (Å²) in [5.41, 5.74) is 0.0508. The third-order valence-electron chi connectivity index (χ3n) is 4.80. The van der Waals surface area contributed by atoms with Gasteiger partial charge in [-0.2, -0.15) is 0 Å². The van der Waals surface area contributed by atoms with E-state index in [4.69, 9.17) is 4.74 Å². The number of para-hydroxylation sites is 1. The molecule has 1 aromatic rings. The third kappa shape index (κ3) is 6.60. The maximum atomic E-state index is 14.0. The summed E-state index contributed by atoms with van der Waals surface area (Å²) in [6.07, 6.45) is 1.80. The fourth-order valence-electron chi connectivity index (χ4n) is 3.35. The monoisotopic (exact) mass is 397 g/mol. The molecule has 1 fully saturated rings. The Morgan fingerprint density at radius 1 is 1.36 bits per heavy atom. The van der Waals surface area contributed by atoms with E-state index in [1.807, 2.05) is 21.0 Å². The zero-order valence-electron chi connectivity index (χ0n) is 17.3. The first-order chi connectivity index (χ1) is 13.4. The molecule has 0 radical (unpaired) electrons. The molecule has 2 rings (SSSR count). The lowest BCUT2D eigenvalue weighted by Crippen LogP contribution is -2.47. The number of hydrogen-bond donors (Lipinski definition) is 2. The Morgan fingerprint density at radius 2 is 2.07 bits per heavy atom. The molecule has 1 aliphatic rings. The van der Waals surface area contributed by atoms with Gasteiger partial charge in [0, 0.05) is 45.9 Å². The van der Waals surface area contributed by atoms with Crippen molar-refractivity contribution in [2.24, 2.45) is 4.99 Å². The molecule has 6 nitrogen and oxygen atoms in total. The maximum absolute atomic E-state index is 14.0. The van der Waals surface area contributed by atoms with Crippen molar-refractivity contribution < 1.29 is 13.5 Å². The second kappa shape index (κ2) is 11.2. The van der Waals surface area contributed by atoms with Gasteiger partial charge in [-0.15, -0.1) is 0 Å². The molecule has 0 aliphatic carbocycles. The molecule has 0 spiro atoms. The predicted octanol–water partition coefficient (Wildman–Crippen LogP) is 2.07. The van der Waals surface area contributed by atoms with Crippen LogP contribution < -0.4 is 15.5 Å². The lowest BCUT2D eigenvalue weighted by molar-refractivity contribution is 0.0548. The smallest absolute Gasteiger partial charge is 0.191 e. The molecule has 158 valence electrons. The highest BCUT2D eigenvalue weighted by atomic mass is 19.1. The second-order valence-electron chi connectivity index (χ2n) is 7.27. The molecule has 1 heterocycles. The van der Waals surface area contributed by atoms with Gasteiger partial charge in [-0.05, 0) is 46.0 Å². The molecule has 0 amide bonds. The Morgan fingerprint density at radius 3 is 2.68 bits per heavy atom. The van der Waals surface area contributed by atoms with Crippen molar-refractivity contribution in [2.45, 2.75) is 31.9 Å². The van der Waals surface area contributed by atoms with Gasteiger partial charge in [0.25, 0.3) is 0 Å². The normalized spacial score (nSPS) is 18.6. The molecule has 2 N–H and O–H groups in total. The van der Waals surface area contributed by atoms with E-state index in [0.717, 1.165) is 19.4 Å². The molecule has 0 bridgehead atoms. The summed E-state index contributed by atoms with van der Waals surface area (Å²) in [4.78, 5) is 8.15. The van der Waals surface area contributed by atoms with E-state index in [1.165, 1.54) is 18.2 Å². The molecule has 8 heteroatoms. The van der Waals surface area contributed by atoms with Crippen molar-refractivity contribution in [3.05, 3.63) is 29.8 Å². The molecule has 0 saturated carbocycles. The quantitative estimate of drug-likeness (QED) is 0.494. The minimum absolute atomic E-state index is 0.0508. The first-order valence-electron chi connectivity index (χ1n) is 9.87. The Balaban J connectivity index is 1.86. The number of hydrogen-bond acceptors (Lipinski definition) is 4. The van der Waals surface area contributed by atoms with Crippen LogP contribution in [0.25, 0.3) is 0 Å². The summed E-state index contributed by atoms with van der Waals surface area (Å²) in [5.74, 6) is -0.373. The first kappa shape index (κ1) is 22.4. The fraction of sp³-hybridized carbons (Fsp3) is 0.650. The number of benzene rings is 1. The van der Waals surface area contributed by atoms with Gasteiger partial charge in [0.05, 0.1) is 6.10 Å². The standard InChI is InChI=1S/C20H33F2N5O/c1-5-28-16(10-11-26(3)4)13-24-20(23-2)25-15-9-12-27(14-15)19-17(21)7-6-8-18(19)22/h6-8,15-16H,5,9-14H2,1-4H3,(H2,23,24,25). The van der Waals surface area contributed by atoms with E-state index in [0.29, 0.717) is 32.2 Å². The van der Waals surface area contributed by atoms with Crippen molar-refractivity contribution in [3.8, 4) is 0 Å². The number of nitrogens with one attached hydrogen (secondary N) is 2. The summed E-state index contributed by atoms with van der Waals surface area (Å²) in [6, 6.07) is 4.04. The van der Waals surface area contributed by atoms with Crippen LogP contribution in [0, 0.1) is 11.6 Å². The second-order valence-corrected chi connectivity index (χ2v) is 7.27. The topological polar surface area (TPSA) is 52.1 Å². The third-order valence-corrected chi connectivity index (χ3v) is 4.80. The van der Waals surface area contributed by atoms with E-state index in [9.17, 15) is 8.78 Å². The highest BCUT2D eigenvalue weighted by Crippen LogP contribution is 2.26. The van der Waals surface area contributed by atoms with Gasteiger partial charge < -0.3 is 25.2 Å². The zero-order valence-corrected chi connectivity index (χ0v) is 17.3. The van der Waals surface area contributed by atoms with Crippen LogP contribution in [0.5, 0.6) is 0 Å². The lowest BCUT2D eigenvalue weighted by Gasteiger charge is -2.23. The minimum atomic E-state index is -0.524. The Labute approximate surface area is 166 Å². The van der Waals surface area contributed by atoms with Crippen molar-refractivity contribution >= 4 is 11.6 Å². The van der Waals surface area contributed by atoms with Crippen molar-refractivity contribution in [3.63, 3.8) is 0 Å². The average Bonchev–Trinajstić information content (AvgIpc) is 3.10. The van der Waals surface area contributed by atoms with Crippen LogP contribution >= 0.6 is 0 Å². The number of ether oxygens (including phenoxy) is 1. The van der Waals surface area contributed by atoms with Crippen LogP contribution in [0.2, 0.25) is 0 Å². The number of anilines is 1. The zero-order chi connectivity index (χ0) is 20.5. The van der Waals surface area contributed by atoms with E-state index in [1.54, 1.807) is 11.9 Å². The lowest BCUT2D eigenvalue weighted by atomic mass is 10.2. The summed E-state index contributed by atoms with van der Waals surface area (Å²) in [7, 11) is 5.80. The van der Waals surface area contributed by atoms with Gasteiger partial charge in [-0.25, -0.2) is 8.78 Å².